The predicted octanol–water partition coefficient (Wildman–Crippen LogP) is 2.13. The quantitative estimate of drug-likeness (QED) is 0.849. The van der Waals surface area contributed by atoms with Crippen LogP contribution >= 0.6 is 0 Å². The molecule has 2 aliphatic rings. The minimum Gasteiger partial charge on any atom is -0.347 e. The summed E-state index contributed by atoms with van der Waals surface area (Å²) in [7, 11) is 0. The van der Waals surface area contributed by atoms with Crippen molar-refractivity contribution in [2.24, 2.45) is 0 Å². The number of aryl methyl sites for hydroxylation is 2. The Bertz CT molecular complexity index is 600. The van der Waals surface area contributed by atoms with Gasteiger partial charge in [-0.1, -0.05) is 42.7 Å². The van der Waals surface area contributed by atoms with Crippen molar-refractivity contribution in [3.63, 3.8) is 0 Å². The molecule has 142 valence electrons. The molecule has 2 fully saturated rings. The average molecular weight is 357 g/mol. The van der Waals surface area contributed by atoms with Crippen molar-refractivity contribution in [3.05, 3.63) is 35.4 Å². The highest BCUT2D eigenvalue weighted by Crippen LogP contribution is 2.24. The third-order valence-corrected chi connectivity index (χ3v) is 5.71. The molecule has 3 rings (SSSR count). The van der Waals surface area contributed by atoms with Crippen molar-refractivity contribution < 1.29 is 9.59 Å². The van der Waals surface area contributed by atoms with Gasteiger partial charge in [0.2, 0.25) is 11.8 Å². The van der Waals surface area contributed by atoms with Crippen LogP contribution in [0, 0.1) is 6.92 Å². The maximum absolute atomic E-state index is 12.3. The lowest BCUT2D eigenvalue weighted by atomic mass is 10.1. The summed E-state index contributed by atoms with van der Waals surface area (Å²) in [5.41, 5.74) is 2.37. The molecule has 0 bridgehead atoms. The fourth-order valence-corrected chi connectivity index (χ4v) is 3.99. The lowest BCUT2D eigenvalue weighted by molar-refractivity contribution is -0.134. The Morgan fingerprint density at radius 3 is 2.35 bits per heavy atom. The SMILES string of the molecule is Cc1ccc(CCC(=O)NCC(=O)N2CCN(C3CCCC3)CC2)cc1. The number of carbonyl (C=O) groups is 2. The first-order valence-electron chi connectivity index (χ1n) is 9.96. The molecule has 1 aliphatic carbocycles. The van der Waals surface area contributed by atoms with Gasteiger partial charge in [0, 0.05) is 38.6 Å². The fourth-order valence-electron chi connectivity index (χ4n) is 3.99. The number of benzene rings is 1. The lowest BCUT2D eigenvalue weighted by Crippen LogP contribution is -2.53. The molecule has 1 aliphatic heterocycles. The Morgan fingerprint density at radius 2 is 1.69 bits per heavy atom. The Balaban J connectivity index is 1.33. The summed E-state index contributed by atoms with van der Waals surface area (Å²) < 4.78 is 0. The Labute approximate surface area is 156 Å². The average Bonchev–Trinajstić information content (AvgIpc) is 3.20. The van der Waals surface area contributed by atoms with Crippen LogP contribution < -0.4 is 5.32 Å². The molecular formula is C21H31N3O2. The number of hydrogen-bond donors (Lipinski definition) is 1. The van der Waals surface area contributed by atoms with Crippen LogP contribution in [0.1, 0.15) is 43.2 Å². The van der Waals surface area contributed by atoms with Crippen LogP contribution in [0.25, 0.3) is 0 Å². The van der Waals surface area contributed by atoms with Crippen LogP contribution in [-0.2, 0) is 16.0 Å². The standard InChI is InChI=1S/C21H31N3O2/c1-17-6-8-18(9-7-17)10-11-20(25)22-16-21(26)24-14-12-23(13-15-24)19-4-2-3-5-19/h6-9,19H,2-5,10-16H2,1H3,(H,22,25). The van der Waals surface area contributed by atoms with Gasteiger partial charge in [0.05, 0.1) is 6.54 Å². The number of nitrogens with one attached hydrogen (secondary N) is 1. The van der Waals surface area contributed by atoms with Crippen molar-refractivity contribution in [1.29, 1.82) is 0 Å². The summed E-state index contributed by atoms with van der Waals surface area (Å²) in [5.74, 6) is -0.0109. The van der Waals surface area contributed by atoms with E-state index in [9.17, 15) is 9.59 Å². The summed E-state index contributed by atoms with van der Waals surface area (Å²) in [6.07, 6.45) is 6.44. The van der Waals surface area contributed by atoms with E-state index in [-0.39, 0.29) is 18.4 Å². The van der Waals surface area contributed by atoms with Crippen molar-refractivity contribution in [2.45, 2.75) is 51.5 Å². The molecule has 1 N–H and O–H groups in total. The summed E-state index contributed by atoms with van der Waals surface area (Å²) in [4.78, 5) is 28.8. The zero-order valence-electron chi connectivity index (χ0n) is 15.9. The Kier molecular flexibility index (Phi) is 6.67. The van der Waals surface area contributed by atoms with E-state index in [0.29, 0.717) is 12.8 Å². The largest absolute Gasteiger partial charge is 0.347 e. The third kappa shape index (κ3) is 5.31. The van der Waals surface area contributed by atoms with Crippen molar-refractivity contribution in [2.75, 3.05) is 32.7 Å². The second-order valence-corrected chi connectivity index (χ2v) is 7.62. The molecule has 1 aromatic rings. The van der Waals surface area contributed by atoms with Gasteiger partial charge in [0.1, 0.15) is 0 Å². The Morgan fingerprint density at radius 1 is 1.04 bits per heavy atom. The normalized spacial score (nSPS) is 18.9. The van der Waals surface area contributed by atoms with Gasteiger partial charge in [0.15, 0.2) is 0 Å². The second kappa shape index (κ2) is 9.17. The van der Waals surface area contributed by atoms with E-state index in [4.69, 9.17) is 0 Å². The van der Waals surface area contributed by atoms with Gasteiger partial charge in [-0.05, 0) is 31.7 Å². The minimum absolute atomic E-state index is 0.0414. The predicted molar refractivity (Wildman–Crippen MR) is 103 cm³/mol. The molecule has 0 atom stereocenters. The van der Waals surface area contributed by atoms with E-state index in [0.717, 1.165) is 37.8 Å². The van der Waals surface area contributed by atoms with E-state index in [1.54, 1.807) is 0 Å². The van der Waals surface area contributed by atoms with Crippen molar-refractivity contribution in [3.8, 4) is 0 Å². The number of hydrogen-bond acceptors (Lipinski definition) is 3. The highest BCUT2D eigenvalue weighted by atomic mass is 16.2. The molecule has 0 unspecified atom stereocenters. The molecule has 5 heteroatoms. The van der Waals surface area contributed by atoms with Crippen molar-refractivity contribution in [1.82, 2.24) is 15.1 Å². The van der Waals surface area contributed by atoms with Gasteiger partial charge in [-0.15, -0.1) is 0 Å². The van der Waals surface area contributed by atoms with Crippen LogP contribution in [0.5, 0.6) is 0 Å². The van der Waals surface area contributed by atoms with Crippen LogP contribution in [0.4, 0.5) is 0 Å². The second-order valence-electron chi connectivity index (χ2n) is 7.62. The summed E-state index contributed by atoms with van der Waals surface area (Å²) in [5, 5.41) is 2.78. The highest BCUT2D eigenvalue weighted by Gasteiger charge is 2.27. The van der Waals surface area contributed by atoms with Gasteiger partial charge in [-0.2, -0.15) is 0 Å². The zero-order valence-corrected chi connectivity index (χ0v) is 15.9. The molecule has 5 nitrogen and oxygen atoms in total. The van der Waals surface area contributed by atoms with Crippen LogP contribution in [0.15, 0.2) is 24.3 Å². The molecule has 0 aromatic heterocycles. The third-order valence-electron chi connectivity index (χ3n) is 5.71. The van der Waals surface area contributed by atoms with E-state index in [1.165, 1.54) is 31.2 Å². The van der Waals surface area contributed by atoms with Crippen LogP contribution in [0.2, 0.25) is 0 Å². The first kappa shape index (κ1) is 18.9. The topological polar surface area (TPSA) is 52.7 Å². The van der Waals surface area contributed by atoms with Crippen molar-refractivity contribution >= 4 is 11.8 Å². The maximum atomic E-state index is 12.3. The molecule has 1 saturated carbocycles. The first-order chi connectivity index (χ1) is 12.6. The van der Waals surface area contributed by atoms with Gasteiger partial charge in [-0.3, -0.25) is 14.5 Å². The monoisotopic (exact) mass is 357 g/mol. The van der Waals surface area contributed by atoms with Gasteiger partial charge >= 0.3 is 0 Å². The maximum Gasteiger partial charge on any atom is 0.242 e. The number of amides is 2. The van der Waals surface area contributed by atoms with Gasteiger partial charge < -0.3 is 10.2 Å². The molecule has 1 heterocycles. The minimum atomic E-state index is -0.0523. The fraction of sp³-hybridized carbons (Fsp3) is 0.619. The highest BCUT2D eigenvalue weighted by molar-refractivity contribution is 5.84. The summed E-state index contributed by atoms with van der Waals surface area (Å²) >= 11 is 0. The number of carbonyl (C=O) groups excluding carboxylic acids is 2. The molecule has 0 radical (unpaired) electrons. The molecule has 26 heavy (non-hydrogen) atoms. The Hall–Kier alpha value is -1.88. The smallest absolute Gasteiger partial charge is 0.242 e. The number of nitrogens with zero attached hydrogens (tertiary/aromatic N) is 2. The summed E-state index contributed by atoms with van der Waals surface area (Å²) in [6.45, 7) is 5.69. The van der Waals surface area contributed by atoms with E-state index in [1.807, 2.05) is 4.90 Å². The molecule has 1 saturated heterocycles. The van der Waals surface area contributed by atoms with E-state index >= 15 is 0 Å². The first-order valence-corrected chi connectivity index (χ1v) is 9.96. The number of piperazine rings is 1. The molecule has 0 spiro atoms. The molecular weight excluding hydrogens is 326 g/mol. The number of rotatable bonds is 6. The molecule has 2 amide bonds. The van der Waals surface area contributed by atoms with Gasteiger partial charge in [0.25, 0.3) is 0 Å². The van der Waals surface area contributed by atoms with E-state index < -0.39 is 0 Å². The van der Waals surface area contributed by atoms with Gasteiger partial charge in [-0.25, -0.2) is 0 Å². The molecule has 1 aromatic carbocycles. The zero-order chi connectivity index (χ0) is 18.4. The lowest BCUT2D eigenvalue weighted by Gasteiger charge is -2.38. The van der Waals surface area contributed by atoms with Crippen LogP contribution in [0.3, 0.4) is 0 Å². The summed E-state index contributed by atoms with van der Waals surface area (Å²) in [6, 6.07) is 8.95. The van der Waals surface area contributed by atoms with Crippen LogP contribution in [-0.4, -0.2) is 60.4 Å². The van der Waals surface area contributed by atoms with E-state index in [2.05, 4.69) is 41.4 Å².